The Balaban J connectivity index is 1.58. The monoisotopic (exact) mass is 518 g/mol. The lowest BCUT2D eigenvalue weighted by atomic mass is 10.1. The van der Waals surface area contributed by atoms with Crippen LogP contribution in [0.5, 0.6) is 5.75 Å². The van der Waals surface area contributed by atoms with Gasteiger partial charge in [-0.25, -0.2) is 4.98 Å². The molecule has 190 valence electrons. The number of pyridine rings is 1. The van der Waals surface area contributed by atoms with Crippen molar-refractivity contribution in [1.29, 1.82) is 0 Å². The van der Waals surface area contributed by atoms with E-state index >= 15 is 0 Å². The summed E-state index contributed by atoms with van der Waals surface area (Å²) in [5.41, 5.74) is 0.736. The van der Waals surface area contributed by atoms with Gasteiger partial charge in [0.25, 0.3) is 11.5 Å². The molecule has 0 radical (unpaired) electrons. The summed E-state index contributed by atoms with van der Waals surface area (Å²) in [6.07, 6.45) is 2.10. The highest BCUT2D eigenvalue weighted by molar-refractivity contribution is 8.45. The van der Waals surface area contributed by atoms with Crippen LogP contribution in [0.1, 0.15) is 30.0 Å². The van der Waals surface area contributed by atoms with Crippen LogP contribution in [0.2, 0.25) is 0 Å². The Labute approximate surface area is 197 Å². The van der Waals surface area contributed by atoms with E-state index in [0.717, 1.165) is 18.2 Å². The highest BCUT2D eigenvalue weighted by atomic mass is 32.5. The number of para-hydroxylation sites is 1. The topological polar surface area (TPSA) is 69.4 Å². The zero-order valence-corrected chi connectivity index (χ0v) is 19.8. The summed E-state index contributed by atoms with van der Waals surface area (Å²) in [6, 6.07) is 5.32. The molecular weight excluding hydrogens is 495 g/mol. The molecule has 35 heavy (non-hydrogen) atoms. The second-order valence-corrected chi connectivity index (χ2v) is 10.8. The van der Waals surface area contributed by atoms with Crippen LogP contribution in [0.3, 0.4) is 0 Å². The molecule has 0 bridgehead atoms. The molecular formula is C22H23F5N4O3S. The van der Waals surface area contributed by atoms with Gasteiger partial charge in [-0.15, -0.1) is 0 Å². The number of hydrogen-bond acceptors (Lipinski definition) is 4. The van der Waals surface area contributed by atoms with Gasteiger partial charge >= 0.3 is 10.2 Å². The molecule has 0 saturated heterocycles. The van der Waals surface area contributed by atoms with Crippen LogP contribution in [0.25, 0.3) is 5.69 Å². The van der Waals surface area contributed by atoms with Crippen molar-refractivity contribution in [1.82, 2.24) is 19.0 Å². The highest BCUT2D eigenvalue weighted by Crippen LogP contribution is 3.03. The molecule has 1 aliphatic rings. The van der Waals surface area contributed by atoms with E-state index in [0.29, 0.717) is 11.4 Å². The Morgan fingerprint density at radius 2 is 1.69 bits per heavy atom. The minimum absolute atomic E-state index is 0.0796. The Hall–Kier alpha value is -3.35. The van der Waals surface area contributed by atoms with Crippen molar-refractivity contribution in [2.75, 3.05) is 6.54 Å². The summed E-state index contributed by atoms with van der Waals surface area (Å²) in [5.74, 6) is -1.53. The summed E-state index contributed by atoms with van der Waals surface area (Å²) < 4.78 is 75.5. The van der Waals surface area contributed by atoms with E-state index in [1.165, 1.54) is 34.9 Å². The van der Waals surface area contributed by atoms with Crippen molar-refractivity contribution in [2.45, 2.75) is 44.4 Å². The lowest BCUT2D eigenvalue weighted by Gasteiger charge is -2.42. The maximum absolute atomic E-state index is 13.5. The van der Waals surface area contributed by atoms with Crippen molar-refractivity contribution in [3.63, 3.8) is 0 Å². The SMILES string of the molecule is Cc1cn(-c2ccc3n(c2=O)CCN(C(C)C(C)Oc2ccccc2S(F)(F)(F)(F)F)C3=O)cn1. The predicted molar refractivity (Wildman–Crippen MR) is 121 cm³/mol. The number of fused-ring (bicyclic) bond motifs is 1. The maximum atomic E-state index is 13.5. The molecule has 0 aliphatic carbocycles. The van der Waals surface area contributed by atoms with Crippen LogP contribution in [-0.4, -0.2) is 43.6 Å². The quantitative estimate of drug-likeness (QED) is 0.415. The largest absolute Gasteiger partial charge is 0.487 e. The molecule has 0 fully saturated rings. The number of ether oxygens (including phenoxy) is 1. The Kier molecular flexibility index (Phi) is 5.36. The van der Waals surface area contributed by atoms with Crippen LogP contribution in [0.4, 0.5) is 19.4 Å². The van der Waals surface area contributed by atoms with E-state index in [1.54, 1.807) is 24.6 Å². The minimum Gasteiger partial charge on any atom is -0.487 e. The third-order valence-corrected chi connectivity index (χ3v) is 7.11. The first-order valence-corrected chi connectivity index (χ1v) is 12.6. The fraction of sp³-hybridized carbons (Fsp3) is 0.318. The summed E-state index contributed by atoms with van der Waals surface area (Å²) >= 11 is 0. The van der Waals surface area contributed by atoms with Crippen molar-refractivity contribution in [2.24, 2.45) is 0 Å². The number of halogens is 5. The fourth-order valence-electron chi connectivity index (χ4n) is 3.99. The Bertz CT molecular complexity index is 1370. The summed E-state index contributed by atoms with van der Waals surface area (Å²) in [4.78, 5) is 29.4. The summed E-state index contributed by atoms with van der Waals surface area (Å²) in [5, 5.41) is 0. The molecule has 3 aromatic rings. The Morgan fingerprint density at radius 1 is 1.00 bits per heavy atom. The van der Waals surface area contributed by atoms with E-state index in [1.807, 2.05) is 0 Å². The van der Waals surface area contributed by atoms with Crippen LogP contribution in [-0.2, 0) is 6.54 Å². The van der Waals surface area contributed by atoms with Crippen LogP contribution in [0, 0.1) is 6.92 Å². The number of amides is 1. The molecule has 3 heterocycles. The van der Waals surface area contributed by atoms with Crippen molar-refractivity contribution in [3.8, 4) is 11.4 Å². The number of carbonyl (C=O) groups excluding carboxylic acids is 1. The predicted octanol–water partition coefficient (Wildman–Crippen LogP) is 5.31. The van der Waals surface area contributed by atoms with Gasteiger partial charge in [-0.1, -0.05) is 31.6 Å². The van der Waals surface area contributed by atoms with Gasteiger partial charge in [-0.2, -0.15) is 0 Å². The smallest absolute Gasteiger partial charge is 0.313 e. The van der Waals surface area contributed by atoms with Crippen LogP contribution >= 0.6 is 10.2 Å². The maximum Gasteiger partial charge on any atom is 0.313 e. The van der Waals surface area contributed by atoms with E-state index < -0.39 is 44.5 Å². The van der Waals surface area contributed by atoms with Gasteiger partial charge in [0.15, 0.2) is 0 Å². The molecule has 1 amide bonds. The highest BCUT2D eigenvalue weighted by Gasteiger charge is 2.67. The third kappa shape index (κ3) is 4.77. The normalized spacial score (nSPS) is 17.8. The van der Waals surface area contributed by atoms with Gasteiger partial charge in [-0.05, 0) is 45.0 Å². The second-order valence-electron chi connectivity index (χ2n) is 8.46. The number of aromatic nitrogens is 3. The molecule has 1 aromatic carbocycles. The van der Waals surface area contributed by atoms with Crippen LogP contribution < -0.4 is 10.3 Å². The van der Waals surface area contributed by atoms with E-state index in [9.17, 15) is 29.0 Å². The number of imidazole rings is 1. The van der Waals surface area contributed by atoms with Crippen molar-refractivity contribution in [3.05, 3.63) is 70.7 Å². The van der Waals surface area contributed by atoms with E-state index in [4.69, 9.17) is 4.74 Å². The second kappa shape index (κ2) is 7.57. The summed E-state index contributed by atoms with van der Waals surface area (Å²) in [7, 11) is -9.99. The molecule has 4 rings (SSSR count). The summed E-state index contributed by atoms with van der Waals surface area (Å²) in [6.45, 7) is 4.93. The molecule has 0 spiro atoms. The molecule has 13 heteroatoms. The lowest BCUT2D eigenvalue weighted by molar-refractivity contribution is 0.0438. The lowest BCUT2D eigenvalue weighted by Crippen LogP contribution is -2.52. The van der Waals surface area contributed by atoms with Crippen molar-refractivity contribution >= 4 is 16.1 Å². The average Bonchev–Trinajstić information content (AvgIpc) is 3.18. The number of carbonyl (C=O) groups is 1. The first-order valence-electron chi connectivity index (χ1n) is 10.6. The zero-order chi connectivity index (χ0) is 25.8. The molecule has 2 aromatic heterocycles. The molecule has 1 aliphatic heterocycles. The van der Waals surface area contributed by atoms with Gasteiger partial charge in [0.2, 0.25) is 0 Å². The molecule has 2 unspecified atom stereocenters. The van der Waals surface area contributed by atoms with Gasteiger partial charge in [0.1, 0.15) is 28.1 Å². The van der Waals surface area contributed by atoms with Gasteiger partial charge in [-0.3, -0.25) is 9.59 Å². The first-order chi connectivity index (χ1) is 16.1. The Morgan fingerprint density at radius 3 is 2.31 bits per heavy atom. The standard InChI is InChI=1S/C22H23F5N4O3S/c1-14-12-29(13-28-14)17-8-9-18-22(33)30(10-11-31(18)21(17)32)15(2)16(3)34-19-6-4-5-7-20(19)35(23,24,25,26)27/h4-9,12-13,15-16H,10-11H2,1-3H3. The number of nitrogens with zero attached hydrogens (tertiary/aromatic N) is 4. The average molecular weight is 519 g/mol. The molecule has 2 atom stereocenters. The molecule has 0 saturated carbocycles. The molecule has 0 N–H and O–H groups in total. The van der Waals surface area contributed by atoms with Crippen LogP contribution in [0.15, 0.2) is 58.6 Å². The van der Waals surface area contributed by atoms with E-state index in [2.05, 4.69) is 4.98 Å². The van der Waals surface area contributed by atoms with E-state index in [-0.39, 0.29) is 24.8 Å². The number of benzene rings is 1. The number of rotatable bonds is 6. The number of aryl methyl sites for hydroxylation is 1. The zero-order valence-electron chi connectivity index (χ0n) is 19.0. The van der Waals surface area contributed by atoms with Gasteiger partial charge in [0.05, 0.1) is 18.1 Å². The van der Waals surface area contributed by atoms with Gasteiger partial charge < -0.3 is 18.8 Å². The third-order valence-electron chi connectivity index (χ3n) is 5.94. The fourth-order valence-corrected chi connectivity index (χ4v) is 4.82. The van der Waals surface area contributed by atoms with Gasteiger partial charge in [0, 0.05) is 19.3 Å². The minimum atomic E-state index is -9.99. The number of hydrogen-bond donors (Lipinski definition) is 0. The first kappa shape index (κ1) is 24.8. The van der Waals surface area contributed by atoms with Crippen molar-refractivity contribution < 1.29 is 29.0 Å². The molecule has 7 nitrogen and oxygen atoms in total.